The van der Waals surface area contributed by atoms with Crippen LogP contribution in [0.3, 0.4) is 0 Å². The van der Waals surface area contributed by atoms with Crippen molar-refractivity contribution in [3.05, 3.63) is 39.9 Å². The van der Waals surface area contributed by atoms with E-state index in [2.05, 4.69) is 5.32 Å². The summed E-state index contributed by atoms with van der Waals surface area (Å²) in [5.74, 6) is 0.0381. The first-order valence-corrected chi connectivity index (χ1v) is 8.88. The van der Waals surface area contributed by atoms with Crippen LogP contribution in [-0.2, 0) is 9.53 Å². The third kappa shape index (κ3) is 4.63. The normalized spacial score (nSPS) is 17.5. The number of esters is 1. The fourth-order valence-electron chi connectivity index (χ4n) is 2.81. The van der Waals surface area contributed by atoms with Crippen molar-refractivity contribution >= 4 is 34.2 Å². The van der Waals surface area contributed by atoms with Gasteiger partial charge in [-0.05, 0) is 45.3 Å². The molecule has 23 heavy (non-hydrogen) atoms. The van der Waals surface area contributed by atoms with E-state index in [1.165, 1.54) is 12.1 Å². The van der Waals surface area contributed by atoms with Gasteiger partial charge in [-0.15, -0.1) is 0 Å². The van der Waals surface area contributed by atoms with E-state index in [-0.39, 0.29) is 11.7 Å². The van der Waals surface area contributed by atoms with Gasteiger partial charge in [0.1, 0.15) is 9.53 Å². The first-order valence-electron chi connectivity index (χ1n) is 7.63. The summed E-state index contributed by atoms with van der Waals surface area (Å²) in [4.78, 5) is 22.7. The van der Waals surface area contributed by atoms with E-state index in [0.717, 1.165) is 25.9 Å². The van der Waals surface area contributed by atoms with Crippen LogP contribution < -0.4 is 5.32 Å². The number of nitrogens with zero attached hydrogens (tertiary/aromatic N) is 1. The highest BCUT2D eigenvalue weighted by atomic mass is 127. The Bertz CT molecular complexity index is 568. The number of nitro benzene ring substituents is 1. The smallest absolute Gasteiger partial charge is 0.323 e. The van der Waals surface area contributed by atoms with Crippen molar-refractivity contribution in [2.75, 3.05) is 13.1 Å². The van der Waals surface area contributed by atoms with Gasteiger partial charge in [0.25, 0.3) is 5.69 Å². The van der Waals surface area contributed by atoms with Crippen molar-refractivity contribution in [3.63, 3.8) is 0 Å². The first-order chi connectivity index (χ1) is 10.8. The molecule has 2 rings (SSSR count). The molecule has 0 bridgehead atoms. The van der Waals surface area contributed by atoms with E-state index in [9.17, 15) is 14.9 Å². The zero-order valence-electron chi connectivity index (χ0n) is 13.3. The molecule has 6 nitrogen and oxygen atoms in total. The van der Waals surface area contributed by atoms with Crippen LogP contribution in [0.2, 0.25) is 0 Å². The standard InChI is InChI=1S/C16H21IN2O4/c1-16(2,12-7-9-18-10-8-12)23-15(20)14(17)11-3-5-13(6-4-11)19(21)22/h3-6,12,14,18H,7-10H2,1-2H3. The Kier molecular flexibility index (Phi) is 5.96. The summed E-state index contributed by atoms with van der Waals surface area (Å²) in [6.45, 7) is 5.81. The van der Waals surface area contributed by atoms with Gasteiger partial charge in [0.2, 0.25) is 0 Å². The predicted molar refractivity (Wildman–Crippen MR) is 95.6 cm³/mol. The maximum absolute atomic E-state index is 12.4. The van der Waals surface area contributed by atoms with Gasteiger partial charge in [0, 0.05) is 18.1 Å². The minimum Gasteiger partial charge on any atom is -0.458 e. The van der Waals surface area contributed by atoms with E-state index in [1.807, 2.05) is 36.4 Å². The van der Waals surface area contributed by atoms with Gasteiger partial charge >= 0.3 is 5.97 Å². The van der Waals surface area contributed by atoms with Crippen LogP contribution in [0.25, 0.3) is 0 Å². The fraction of sp³-hybridized carbons (Fsp3) is 0.562. The van der Waals surface area contributed by atoms with Crippen LogP contribution in [-0.4, -0.2) is 29.6 Å². The molecule has 7 heteroatoms. The van der Waals surface area contributed by atoms with Gasteiger partial charge in [0.05, 0.1) is 4.92 Å². The van der Waals surface area contributed by atoms with Crippen molar-refractivity contribution in [2.45, 2.75) is 36.2 Å². The quantitative estimate of drug-likeness (QED) is 0.254. The number of hydrogen-bond acceptors (Lipinski definition) is 5. The molecule has 0 saturated carbocycles. The molecule has 1 atom stereocenters. The molecule has 1 saturated heterocycles. The van der Waals surface area contributed by atoms with Crippen LogP contribution in [0.4, 0.5) is 5.69 Å². The molecular formula is C16H21IN2O4. The molecule has 0 aliphatic carbocycles. The maximum Gasteiger partial charge on any atom is 0.323 e. The average Bonchev–Trinajstić information content (AvgIpc) is 2.54. The lowest BCUT2D eigenvalue weighted by Gasteiger charge is -2.37. The average molecular weight is 432 g/mol. The van der Waals surface area contributed by atoms with E-state index in [0.29, 0.717) is 11.5 Å². The summed E-state index contributed by atoms with van der Waals surface area (Å²) in [5.41, 5.74) is 0.215. The molecule has 1 aromatic rings. The molecule has 1 aliphatic rings. The van der Waals surface area contributed by atoms with E-state index in [1.54, 1.807) is 12.1 Å². The molecule has 1 aromatic carbocycles. The number of carbonyl (C=O) groups excluding carboxylic acids is 1. The molecule has 0 spiro atoms. The number of hydrogen-bond donors (Lipinski definition) is 1. The number of ether oxygens (including phenoxy) is 1. The third-order valence-corrected chi connectivity index (χ3v) is 5.52. The fourth-order valence-corrected chi connectivity index (χ4v) is 3.35. The lowest BCUT2D eigenvalue weighted by atomic mass is 9.83. The maximum atomic E-state index is 12.4. The molecular weight excluding hydrogens is 411 g/mol. The topological polar surface area (TPSA) is 81.5 Å². The van der Waals surface area contributed by atoms with Crippen molar-refractivity contribution in [1.82, 2.24) is 5.32 Å². The highest BCUT2D eigenvalue weighted by molar-refractivity contribution is 14.1. The molecule has 1 unspecified atom stereocenters. The Hall–Kier alpha value is -1.22. The monoisotopic (exact) mass is 432 g/mol. The molecule has 0 radical (unpaired) electrons. The minimum absolute atomic E-state index is 0.0146. The van der Waals surface area contributed by atoms with Gasteiger partial charge in [-0.25, -0.2) is 0 Å². The van der Waals surface area contributed by atoms with E-state index < -0.39 is 14.4 Å². The molecule has 126 valence electrons. The Morgan fingerprint density at radius 1 is 1.35 bits per heavy atom. The molecule has 1 fully saturated rings. The second-order valence-corrected chi connectivity index (χ2v) is 7.51. The number of halogens is 1. The molecule has 1 aliphatic heterocycles. The van der Waals surface area contributed by atoms with Crippen LogP contribution in [0.5, 0.6) is 0 Å². The van der Waals surface area contributed by atoms with Gasteiger partial charge in [0.15, 0.2) is 0 Å². The van der Waals surface area contributed by atoms with Crippen molar-refractivity contribution in [2.24, 2.45) is 5.92 Å². The number of nitrogens with one attached hydrogen (secondary N) is 1. The summed E-state index contributed by atoms with van der Waals surface area (Å²) in [6, 6.07) is 6.03. The molecule has 1 N–H and O–H groups in total. The number of non-ortho nitro benzene ring substituents is 1. The zero-order chi connectivity index (χ0) is 17.0. The van der Waals surface area contributed by atoms with Gasteiger partial charge < -0.3 is 10.1 Å². The Morgan fingerprint density at radius 3 is 2.43 bits per heavy atom. The molecule has 0 amide bonds. The minimum atomic E-state index is -0.511. The number of alkyl halides is 1. The summed E-state index contributed by atoms with van der Waals surface area (Å²) >= 11 is 2.02. The summed E-state index contributed by atoms with van der Waals surface area (Å²) in [7, 11) is 0. The largest absolute Gasteiger partial charge is 0.458 e. The second kappa shape index (κ2) is 7.57. The summed E-state index contributed by atoms with van der Waals surface area (Å²) < 4.78 is 5.29. The highest BCUT2D eigenvalue weighted by Crippen LogP contribution is 2.33. The number of benzene rings is 1. The predicted octanol–water partition coefficient (Wildman–Crippen LogP) is 3.39. The summed E-state index contributed by atoms with van der Waals surface area (Å²) in [5, 5.41) is 14.0. The number of piperidine rings is 1. The summed E-state index contributed by atoms with van der Waals surface area (Å²) in [6.07, 6.45) is 1.98. The van der Waals surface area contributed by atoms with Crippen LogP contribution in [0, 0.1) is 16.0 Å². The van der Waals surface area contributed by atoms with Crippen LogP contribution in [0.1, 0.15) is 36.2 Å². The first kappa shape index (κ1) is 18.1. The van der Waals surface area contributed by atoms with E-state index >= 15 is 0 Å². The highest BCUT2D eigenvalue weighted by Gasteiger charge is 2.35. The molecule has 1 heterocycles. The second-order valence-electron chi connectivity index (χ2n) is 6.26. The van der Waals surface area contributed by atoms with E-state index in [4.69, 9.17) is 4.74 Å². The van der Waals surface area contributed by atoms with Crippen molar-refractivity contribution in [3.8, 4) is 0 Å². The number of carbonyl (C=O) groups is 1. The van der Waals surface area contributed by atoms with Gasteiger partial charge in [-0.1, -0.05) is 34.7 Å². The Morgan fingerprint density at radius 2 is 1.91 bits per heavy atom. The zero-order valence-corrected chi connectivity index (χ0v) is 15.4. The van der Waals surface area contributed by atoms with Crippen molar-refractivity contribution < 1.29 is 14.5 Å². The van der Waals surface area contributed by atoms with Gasteiger partial charge in [-0.3, -0.25) is 14.9 Å². The molecule has 0 aromatic heterocycles. The number of rotatable bonds is 5. The number of nitro groups is 1. The lowest BCUT2D eigenvalue weighted by molar-refractivity contribution is -0.384. The van der Waals surface area contributed by atoms with Gasteiger partial charge in [-0.2, -0.15) is 0 Å². The SMILES string of the molecule is CC(C)(OC(=O)C(I)c1ccc([N+](=O)[O-])cc1)C1CCNCC1. The van der Waals surface area contributed by atoms with Crippen LogP contribution >= 0.6 is 22.6 Å². The Balaban J connectivity index is 2.02. The third-order valence-electron chi connectivity index (χ3n) is 4.29. The lowest BCUT2D eigenvalue weighted by Crippen LogP contribution is -2.43. The van der Waals surface area contributed by atoms with Crippen LogP contribution in [0.15, 0.2) is 24.3 Å². The Labute approximate surface area is 149 Å². The van der Waals surface area contributed by atoms with Crippen molar-refractivity contribution in [1.29, 1.82) is 0 Å².